The number of thioether (sulfide) groups is 1. The minimum atomic E-state index is -0.470. The van der Waals surface area contributed by atoms with Crippen molar-refractivity contribution < 1.29 is 9.53 Å². The number of anilines is 1. The van der Waals surface area contributed by atoms with Crippen molar-refractivity contribution >= 4 is 56.4 Å². The Morgan fingerprint density at radius 2 is 2.20 bits per heavy atom. The highest BCUT2D eigenvalue weighted by molar-refractivity contribution is 8.00. The minimum Gasteiger partial charge on any atom is -0.465 e. The summed E-state index contributed by atoms with van der Waals surface area (Å²) >= 11 is 4.64. The summed E-state index contributed by atoms with van der Waals surface area (Å²) in [5.41, 5.74) is 0.551. The molecule has 0 aliphatic carbocycles. The van der Waals surface area contributed by atoms with Crippen molar-refractivity contribution in [1.82, 2.24) is 20.2 Å². The Kier molecular flexibility index (Phi) is 6.41. The number of hydrogen-bond donors (Lipinski definition) is 2. The third-order valence-electron chi connectivity index (χ3n) is 4.14. The van der Waals surface area contributed by atoms with Crippen LogP contribution in [0, 0.1) is 0 Å². The molecule has 0 aliphatic heterocycles. The number of nitrogens with zero attached hydrogens (tertiary/aromatic N) is 3. The number of rotatable bonds is 8. The molecule has 154 valence electrons. The number of nitrogens with one attached hydrogen (secondary N) is 2. The molecule has 0 aliphatic rings. The third-order valence-corrected chi connectivity index (χ3v) is 7.10. The van der Waals surface area contributed by atoms with Crippen LogP contribution in [0.25, 0.3) is 10.9 Å². The Labute approximate surface area is 183 Å². The van der Waals surface area contributed by atoms with Crippen LogP contribution in [0.3, 0.4) is 0 Å². The van der Waals surface area contributed by atoms with Gasteiger partial charge in [0.2, 0.25) is 5.13 Å². The van der Waals surface area contributed by atoms with Crippen molar-refractivity contribution in [3.8, 4) is 0 Å². The summed E-state index contributed by atoms with van der Waals surface area (Å²) in [5.74, 6) is 0.460. The lowest BCUT2D eigenvalue weighted by atomic mass is 10.1. The zero-order valence-electron chi connectivity index (χ0n) is 15.9. The van der Waals surface area contributed by atoms with E-state index in [1.54, 1.807) is 29.5 Å². The first-order valence-electron chi connectivity index (χ1n) is 8.96. The number of fused-ring (bicyclic) bond motifs is 1. The number of H-pyrrole nitrogens is 1. The number of aromatic amines is 1. The van der Waals surface area contributed by atoms with Crippen LogP contribution >= 0.6 is 34.4 Å². The third kappa shape index (κ3) is 4.86. The summed E-state index contributed by atoms with van der Waals surface area (Å²) in [6.07, 6.45) is 0.940. The number of hydrogen-bond acceptors (Lipinski definition) is 10. The minimum absolute atomic E-state index is 0.250. The summed E-state index contributed by atoms with van der Waals surface area (Å²) in [7, 11) is 1.31. The van der Waals surface area contributed by atoms with Gasteiger partial charge in [0.15, 0.2) is 4.34 Å². The molecule has 2 N–H and O–H groups in total. The zero-order chi connectivity index (χ0) is 20.9. The fourth-order valence-corrected chi connectivity index (χ4v) is 5.07. The van der Waals surface area contributed by atoms with Gasteiger partial charge in [0.05, 0.1) is 29.3 Å². The van der Waals surface area contributed by atoms with Gasteiger partial charge in [-0.05, 0) is 36.1 Å². The molecular formula is C19H17N5O3S3. The van der Waals surface area contributed by atoms with Crippen molar-refractivity contribution in [1.29, 1.82) is 0 Å². The second-order valence-electron chi connectivity index (χ2n) is 6.15. The SMILES string of the molecule is COC(=O)c1ccc2c(=O)[nH]c(CSc3nnc(NCCc4cccs4)s3)nc2c1. The molecule has 0 fully saturated rings. The lowest BCUT2D eigenvalue weighted by Gasteiger charge is -2.04. The molecule has 11 heteroatoms. The highest BCUT2D eigenvalue weighted by atomic mass is 32.2. The molecule has 0 radical (unpaired) electrons. The summed E-state index contributed by atoms with van der Waals surface area (Å²) in [5, 5.41) is 14.8. The normalized spacial score (nSPS) is 11.0. The van der Waals surface area contributed by atoms with Crippen LogP contribution < -0.4 is 10.9 Å². The molecule has 4 aromatic rings. The van der Waals surface area contributed by atoms with Crippen LogP contribution in [0.2, 0.25) is 0 Å². The number of aromatic nitrogens is 4. The van der Waals surface area contributed by atoms with E-state index in [1.165, 1.54) is 35.1 Å². The van der Waals surface area contributed by atoms with Gasteiger partial charge in [-0.15, -0.1) is 21.5 Å². The summed E-state index contributed by atoms with van der Waals surface area (Å²) < 4.78 is 5.50. The zero-order valence-corrected chi connectivity index (χ0v) is 18.3. The van der Waals surface area contributed by atoms with Crippen LogP contribution in [0.15, 0.2) is 44.8 Å². The quantitative estimate of drug-likeness (QED) is 0.304. The van der Waals surface area contributed by atoms with Crippen LogP contribution in [0.4, 0.5) is 5.13 Å². The summed E-state index contributed by atoms with van der Waals surface area (Å²) in [6.45, 7) is 0.794. The lowest BCUT2D eigenvalue weighted by molar-refractivity contribution is 0.0601. The molecule has 3 aromatic heterocycles. The first-order valence-corrected chi connectivity index (χ1v) is 11.6. The average Bonchev–Trinajstić information content (AvgIpc) is 3.43. The number of esters is 1. The van der Waals surface area contributed by atoms with Crippen molar-refractivity contribution in [2.75, 3.05) is 19.0 Å². The fraction of sp³-hybridized carbons (Fsp3) is 0.211. The molecule has 0 amide bonds. The van der Waals surface area contributed by atoms with Gasteiger partial charge in [-0.25, -0.2) is 9.78 Å². The molecule has 0 saturated carbocycles. The van der Waals surface area contributed by atoms with Gasteiger partial charge in [0, 0.05) is 11.4 Å². The number of ether oxygens (including phenoxy) is 1. The van der Waals surface area contributed by atoms with Crippen LogP contribution in [0.5, 0.6) is 0 Å². The molecule has 3 heterocycles. The van der Waals surface area contributed by atoms with Crippen LogP contribution in [0.1, 0.15) is 21.1 Å². The predicted molar refractivity (Wildman–Crippen MR) is 120 cm³/mol. The molecule has 0 spiro atoms. The van der Waals surface area contributed by atoms with E-state index in [1.807, 2.05) is 6.07 Å². The van der Waals surface area contributed by atoms with E-state index >= 15 is 0 Å². The molecule has 30 heavy (non-hydrogen) atoms. The second kappa shape index (κ2) is 9.37. The fourth-order valence-electron chi connectivity index (χ4n) is 2.72. The van der Waals surface area contributed by atoms with Crippen molar-refractivity contribution in [2.24, 2.45) is 0 Å². The van der Waals surface area contributed by atoms with Crippen LogP contribution in [-0.4, -0.2) is 39.8 Å². The smallest absolute Gasteiger partial charge is 0.337 e. The first-order chi connectivity index (χ1) is 14.6. The topological polar surface area (TPSA) is 110 Å². The van der Waals surface area contributed by atoms with Gasteiger partial charge >= 0.3 is 5.97 Å². The van der Waals surface area contributed by atoms with Gasteiger partial charge in [-0.1, -0.05) is 29.2 Å². The first kappa shape index (κ1) is 20.5. The number of methoxy groups -OCH3 is 1. The standard InChI is InChI=1S/C19H17N5O3S3/c1-27-17(26)11-4-5-13-14(9-11)21-15(22-16(13)25)10-29-19-24-23-18(30-19)20-7-6-12-3-2-8-28-12/h2-5,8-9H,6-7,10H2,1H3,(H,20,23)(H,21,22,25). The van der Waals surface area contributed by atoms with E-state index in [9.17, 15) is 9.59 Å². The Morgan fingerprint density at radius 1 is 1.30 bits per heavy atom. The molecule has 4 rings (SSSR count). The molecule has 0 saturated heterocycles. The summed E-state index contributed by atoms with van der Waals surface area (Å²) in [6, 6.07) is 8.84. The highest BCUT2D eigenvalue weighted by Gasteiger charge is 2.11. The molecule has 0 unspecified atom stereocenters. The van der Waals surface area contributed by atoms with E-state index in [0.29, 0.717) is 28.0 Å². The number of benzene rings is 1. The maximum absolute atomic E-state index is 12.3. The lowest BCUT2D eigenvalue weighted by Crippen LogP contribution is -2.12. The predicted octanol–water partition coefficient (Wildman–Crippen LogP) is 3.57. The number of carbonyl (C=O) groups is 1. The Balaban J connectivity index is 1.40. The average molecular weight is 460 g/mol. The Hall–Kier alpha value is -2.76. The van der Waals surface area contributed by atoms with Crippen molar-refractivity contribution in [2.45, 2.75) is 16.5 Å². The van der Waals surface area contributed by atoms with Crippen molar-refractivity contribution in [3.05, 3.63) is 62.3 Å². The maximum atomic E-state index is 12.3. The van der Waals surface area contributed by atoms with Gasteiger partial charge in [-0.3, -0.25) is 4.79 Å². The van der Waals surface area contributed by atoms with E-state index in [0.717, 1.165) is 22.4 Å². The number of thiophene rings is 1. The van der Waals surface area contributed by atoms with Gasteiger partial charge in [0.25, 0.3) is 5.56 Å². The molecular weight excluding hydrogens is 442 g/mol. The summed E-state index contributed by atoms with van der Waals surface area (Å²) in [4.78, 5) is 32.6. The molecule has 1 aromatic carbocycles. The van der Waals surface area contributed by atoms with E-state index < -0.39 is 5.97 Å². The highest BCUT2D eigenvalue weighted by Crippen LogP contribution is 2.27. The largest absolute Gasteiger partial charge is 0.465 e. The maximum Gasteiger partial charge on any atom is 0.337 e. The second-order valence-corrected chi connectivity index (χ2v) is 9.39. The van der Waals surface area contributed by atoms with Gasteiger partial charge in [0.1, 0.15) is 5.82 Å². The van der Waals surface area contributed by atoms with E-state index in [-0.39, 0.29) is 5.56 Å². The number of carbonyl (C=O) groups excluding carboxylic acids is 1. The Morgan fingerprint density at radius 3 is 3.00 bits per heavy atom. The molecule has 0 atom stereocenters. The van der Waals surface area contributed by atoms with E-state index in [4.69, 9.17) is 4.74 Å². The molecule has 8 nitrogen and oxygen atoms in total. The Bertz CT molecular complexity index is 1220. The van der Waals surface area contributed by atoms with Gasteiger partial charge < -0.3 is 15.0 Å². The van der Waals surface area contributed by atoms with Crippen molar-refractivity contribution in [3.63, 3.8) is 0 Å². The van der Waals surface area contributed by atoms with E-state index in [2.05, 4.69) is 36.9 Å². The monoisotopic (exact) mass is 459 g/mol. The van der Waals surface area contributed by atoms with Crippen LogP contribution in [-0.2, 0) is 16.9 Å². The van der Waals surface area contributed by atoms with Gasteiger partial charge in [-0.2, -0.15) is 0 Å². The molecule has 0 bridgehead atoms.